The molecule has 1 aliphatic rings. The van der Waals surface area contributed by atoms with Gasteiger partial charge in [-0.3, -0.25) is 9.59 Å². The SMILES string of the molecule is CC[C@H]1C/C=C\C[C@@H](C)Oc2ccccc2C(=O)N(C)[C@H](C(C)C)C(=O)N1. The van der Waals surface area contributed by atoms with Crippen molar-refractivity contribution in [2.45, 2.75) is 65.1 Å². The van der Waals surface area contributed by atoms with E-state index >= 15 is 0 Å². The van der Waals surface area contributed by atoms with Crippen molar-refractivity contribution < 1.29 is 14.3 Å². The lowest BCUT2D eigenvalue weighted by atomic mass is 9.99. The van der Waals surface area contributed by atoms with E-state index < -0.39 is 6.04 Å². The lowest BCUT2D eigenvalue weighted by Gasteiger charge is -2.32. The summed E-state index contributed by atoms with van der Waals surface area (Å²) in [5, 5.41) is 3.12. The van der Waals surface area contributed by atoms with Gasteiger partial charge in [-0.25, -0.2) is 0 Å². The molecule has 0 bridgehead atoms. The van der Waals surface area contributed by atoms with Gasteiger partial charge in [0.05, 0.1) is 11.7 Å². The minimum Gasteiger partial charge on any atom is -0.490 e. The van der Waals surface area contributed by atoms with E-state index in [1.807, 2.05) is 39.0 Å². The highest BCUT2D eigenvalue weighted by Crippen LogP contribution is 2.24. The summed E-state index contributed by atoms with van der Waals surface area (Å²) in [4.78, 5) is 27.7. The fourth-order valence-corrected chi connectivity index (χ4v) is 3.42. The first kappa shape index (κ1) is 21.0. The summed E-state index contributed by atoms with van der Waals surface area (Å²) in [6, 6.07) is 6.77. The number of rotatable bonds is 2. The summed E-state index contributed by atoms with van der Waals surface area (Å²) in [7, 11) is 1.69. The number of hydrogen-bond donors (Lipinski definition) is 1. The molecule has 148 valence electrons. The van der Waals surface area contributed by atoms with Crippen LogP contribution in [-0.2, 0) is 4.79 Å². The van der Waals surface area contributed by atoms with E-state index in [9.17, 15) is 9.59 Å². The van der Waals surface area contributed by atoms with E-state index in [-0.39, 0.29) is 29.9 Å². The van der Waals surface area contributed by atoms with Gasteiger partial charge in [0.25, 0.3) is 5.91 Å². The summed E-state index contributed by atoms with van der Waals surface area (Å²) >= 11 is 0. The third-order valence-electron chi connectivity index (χ3n) is 4.98. The number of benzene rings is 1. The summed E-state index contributed by atoms with van der Waals surface area (Å²) in [6.45, 7) is 7.98. The van der Waals surface area contributed by atoms with Crippen molar-refractivity contribution in [3.63, 3.8) is 0 Å². The van der Waals surface area contributed by atoms with E-state index in [2.05, 4.69) is 24.4 Å². The van der Waals surface area contributed by atoms with Crippen LogP contribution in [0.1, 0.15) is 57.3 Å². The lowest BCUT2D eigenvalue weighted by molar-refractivity contribution is -0.127. The molecular weight excluding hydrogens is 340 g/mol. The Kier molecular flexibility index (Phi) is 7.45. The number of hydrogen-bond acceptors (Lipinski definition) is 3. The zero-order valence-corrected chi connectivity index (χ0v) is 17.1. The fourth-order valence-electron chi connectivity index (χ4n) is 3.42. The molecule has 0 aromatic heterocycles. The summed E-state index contributed by atoms with van der Waals surface area (Å²) in [6.07, 6.45) is 6.50. The normalized spacial score (nSPS) is 26.0. The number of fused-ring (bicyclic) bond motifs is 1. The molecule has 0 spiro atoms. The molecule has 1 N–H and O–H groups in total. The Morgan fingerprint density at radius 3 is 2.52 bits per heavy atom. The molecule has 0 unspecified atom stereocenters. The number of nitrogens with zero attached hydrogens (tertiary/aromatic N) is 1. The fraction of sp³-hybridized carbons (Fsp3) is 0.545. The number of amides is 2. The zero-order valence-electron chi connectivity index (χ0n) is 17.1. The second-order valence-corrected chi connectivity index (χ2v) is 7.59. The van der Waals surface area contributed by atoms with Gasteiger partial charge in [-0.05, 0) is 37.8 Å². The molecule has 2 amide bonds. The van der Waals surface area contributed by atoms with Crippen LogP contribution in [-0.4, -0.2) is 41.9 Å². The summed E-state index contributed by atoms with van der Waals surface area (Å²) in [5.41, 5.74) is 0.485. The van der Waals surface area contributed by atoms with Crippen molar-refractivity contribution in [2.24, 2.45) is 5.92 Å². The Bertz CT molecular complexity index is 684. The topological polar surface area (TPSA) is 58.6 Å². The van der Waals surface area contributed by atoms with Gasteiger partial charge in [0, 0.05) is 19.5 Å². The Morgan fingerprint density at radius 1 is 1.19 bits per heavy atom. The average molecular weight is 373 g/mol. The first-order valence-electron chi connectivity index (χ1n) is 9.83. The van der Waals surface area contributed by atoms with Gasteiger partial charge in [0.15, 0.2) is 0 Å². The van der Waals surface area contributed by atoms with Crippen LogP contribution in [0, 0.1) is 5.92 Å². The van der Waals surface area contributed by atoms with Gasteiger partial charge in [-0.2, -0.15) is 0 Å². The highest BCUT2D eigenvalue weighted by Gasteiger charge is 2.32. The Hall–Kier alpha value is -2.30. The van der Waals surface area contributed by atoms with Crippen LogP contribution in [0.5, 0.6) is 5.75 Å². The molecule has 1 aromatic rings. The van der Waals surface area contributed by atoms with E-state index in [1.165, 1.54) is 0 Å². The highest BCUT2D eigenvalue weighted by molar-refractivity contribution is 5.99. The van der Waals surface area contributed by atoms with E-state index in [1.54, 1.807) is 18.0 Å². The van der Waals surface area contributed by atoms with Crippen LogP contribution >= 0.6 is 0 Å². The number of likely N-dealkylation sites (N-methyl/N-ethyl adjacent to an activating group) is 1. The van der Waals surface area contributed by atoms with Crippen LogP contribution in [0.15, 0.2) is 36.4 Å². The molecule has 0 saturated carbocycles. The molecule has 1 aliphatic heterocycles. The van der Waals surface area contributed by atoms with Crippen molar-refractivity contribution in [2.75, 3.05) is 7.05 Å². The molecule has 3 atom stereocenters. The Balaban J connectivity index is 2.43. The second-order valence-electron chi connectivity index (χ2n) is 7.59. The predicted molar refractivity (Wildman–Crippen MR) is 108 cm³/mol. The molecule has 0 fully saturated rings. The molecule has 1 heterocycles. The molecule has 5 heteroatoms. The minimum absolute atomic E-state index is 0.00749. The highest BCUT2D eigenvalue weighted by atomic mass is 16.5. The van der Waals surface area contributed by atoms with Crippen molar-refractivity contribution in [1.29, 1.82) is 0 Å². The molecule has 27 heavy (non-hydrogen) atoms. The molecule has 1 aromatic carbocycles. The van der Waals surface area contributed by atoms with Crippen molar-refractivity contribution in [1.82, 2.24) is 10.2 Å². The monoisotopic (exact) mass is 372 g/mol. The molecule has 2 rings (SSSR count). The van der Waals surface area contributed by atoms with Gasteiger partial charge in [-0.1, -0.05) is 45.1 Å². The first-order chi connectivity index (χ1) is 12.8. The minimum atomic E-state index is -0.538. The number of carbonyl (C=O) groups is 2. The second kappa shape index (κ2) is 9.58. The Morgan fingerprint density at radius 2 is 1.85 bits per heavy atom. The standard InChI is InChI=1S/C22H32N2O3/c1-6-17-12-8-7-11-16(4)27-19-14-10-9-13-18(19)22(26)24(5)20(15(2)3)21(25)23-17/h7-10,13-17,20H,6,11-12H2,1-5H3,(H,23,25)/b8-7-/t16-,17+,20-/m1/s1. The maximum atomic E-state index is 13.2. The van der Waals surface area contributed by atoms with Gasteiger partial charge in [0.1, 0.15) is 11.8 Å². The number of para-hydroxylation sites is 1. The van der Waals surface area contributed by atoms with Crippen LogP contribution in [0.4, 0.5) is 0 Å². The van der Waals surface area contributed by atoms with Crippen LogP contribution < -0.4 is 10.1 Å². The summed E-state index contributed by atoms with van der Waals surface area (Å²) < 4.78 is 6.04. The summed E-state index contributed by atoms with van der Waals surface area (Å²) in [5.74, 6) is 0.241. The van der Waals surface area contributed by atoms with E-state index in [0.717, 1.165) is 19.3 Å². The zero-order chi connectivity index (χ0) is 20.0. The Labute approximate surface area is 162 Å². The van der Waals surface area contributed by atoms with Gasteiger partial charge in [-0.15, -0.1) is 0 Å². The quantitative estimate of drug-likeness (QED) is 0.804. The molecule has 5 nitrogen and oxygen atoms in total. The maximum absolute atomic E-state index is 13.2. The van der Waals surface area contributed by atoms with Crippen LogP contribution in [0.3, 0.4) is 0 Å². The molecule has 0 radical (unpaired) electrons. The van der Waals surface area contributed by atoms with E-state index in [0.29, 0.717) is 11.3 Å². The van der Waals surface area contributed by atoms with Gasteiger partial charge < -0.3 is 15.0 Å². The number of ether oxygens (including phenoxy) is 1. The number of nitrogens with one attached hydrogen (secondary N) is 1. The maximum Gasteiger partial charge on any atom is 0.258 e. The largest absolute Gasteiger partial charge is 0.490 e. The van der Waals surface area contributed by atoms with E-state index in [4.69, 9.17) is 4.74 Å². The van der Waals surface area contributed by atoms with Crippen molar-refractivity contribution >= 4 is 11.8 Å². The number of carbonyl (C=O) groups excluding carboxylic acids is 2. The van der Waals surface area contributed by atoms with Crippen LogP contribution in [0.25, 0.3) is 0 Å². The molecular formula is C22H32N2O3. The van der Waals surface area contributed by atoms with Crippen molar-refractivity contribution in [3.8, 4) is 5.75 Å². The predicted octanol–water partition coefficient (Wildman–Crippen LogP) is 3.80. The smallest absolute Gasteiger partial charge is 0.258 e. The van der Waals surface area contributed by atoms with Crippen molar-refractivity contribution in [3.05, 3.63) is 42.0 Å². The third-order valence-corrected chi connectivity index (χ3v) is 4.98. The first-order valence-corrected chi connectivity index (χ1v) is 9.83. The average Bonchev–Trinajstić information content (AvgIpc) is 2.63. The molecule has 0 saturated heterocycles. The van der Waals surface area contributed by atoms with Gasteiger partial charge >= 0.3 is 0 Å². The van der Waals surface area contributed by atoms with Crippen LogP contribution in [0.2, 0.25) is 0 Å². The lowest BCUT2D eigenvalue weighted by Crippen LogP contribution is -2.52. The third kappa shape index (κ3) is 5.34. The molecule has 0 aliphatic carbocycles. The van der Waals surface area contributed by atoms with Gasteiger partial charge in [0.2, 0.25) is 5.91 Å².